The van der Waals surface area contributed by atoms with Crippen molar-refractivity contribution in [1.29, 1.82) is 0 Å². The van der Waals surface area contributed by atoms with E-state index in [1.54, 1.807) is 13.0 Å². The van der Waals surface area contributed by atoms with E-state index in [9.17, 15) is 10.1 Å². The first-order chi connectivity index (χ1) is 5.13. The second-order valence-corrected chi connectivity index (χ2v) is 2.33. The molecular formula is C7H8N2O2. The molecule has 4 heteroatoms. The largest absolute Gasteiger partial charge is 0.366 e. The number of rotatable bonds is 1. The number of hydrogen-bond acceptors (Lipinski definition) is 3. The molecule has 0 aliphatic carbocycles. The summed E-state index contributed by atoms with van der Waals surface area (Å²) in [5.74, 6) is -0.0509. The lowest BCUT2D eigenvalue weighted by Crippen LogP contribution is -1.96. The molecule has 0 bridgehead atoms. The summed E-state index contributed by atoms with van der Waals surface area (Å²) in [4.78, 5) is 13.5. The van der Waals surface area contributed by atoms with Gasteiger partial charge in [0.2, 0.25) is 0 Å². The van der Waals surface area contributed by atoms with Gasteiger partial charge in [-0.2, -0.15) is 0 Å². The summed E-state index contributed by atoms with van der Waals surface area (Å²) in [6.07, 6.45) is 1.44. The highest BCUT2D eigenvalue weighted by atomic mass is 16.6. The summed E-state index contributed by atoms with van der Waals surface area (Å²) in [5, 5.41) is 10.3. The molecule has 1 aromatic rings. The van der Waals surface area contributed by atoms with Gasteiger partial charge in [-0.3, -0.25) is 0 Å². The second-order valence-electron chi connectivity index (χ2n) is 2.33. The normalized spacial score (nSPS) is 9.64. The first-order valence-corrected chi connectivity index (χ1v) is 3.19. The van der Waals surface area contributed by atoms with E-state index in [1.165, 1.54) is 6.20 Å². The van der Waals surface area contributed by atoms with Crippen LogP contribution in [0.1, 0.15) is 11.1 Å². The van der Waals surface area contributed by atoms with E-state index in [4.69, 9.17) is 0 Å². The van der Waals surface area contributed by atoms with Crippen LogP contribution in [-0.2, 0) is 0 Å². The van der Waals surface area contributed by atoms with Gasteiger partial charge in [0.1, 0.15) is 6.20 Å². The molecule has 0 aliphatic heterocycles. The SMILES string of the molecule is Cc1ccnc([N+](=O)[O-])c1C. The summed E-state index contributed by atoms with van der Waals surface area (Å²) in [5.41, 5.74) is 1.53. The van der Waals surface area contributed by atoms with E-state index in [0.717, 1.165) is 5.56 Å². The van der Waals surface area contributed by atoms with Gasteiger partial charge in [0.05, 0.1) is 0 Å². The van der Waals surface area contributed by atoms with Crippen molar-refractivity contribution in [2.24, 2.45) is 0 Å². The highest BCUT2D eigenvalue weighted by Crippen LogP contribution is 2.16. The van der Waals surface area contributed by atoms with Crippen LogP contribution in [-0.4, -0.2) is 9.91 Å². The molecule has 1 heterocycles. The summed E-state index contributed by atoms with van der Waals surface area (Å²) in [7, 11) is 0. The number of hydrogen-bond donors (Lipinski definition) is 0. The summed E-state index contributed by atoms with van der Waals surface area (Å²) >= 11 is 0. The van der Waals surface area contributed by atoms with Crippen LogP contribution in [0.4, 0.5) is 5.82 Å². The molecule has 1 aromatic heterocycles. The Morgan fingerprint density at radius 1 is 1.55 bits per heavy atom. The Morgan fingerprint density at radius 3 is 2.64 bits per heavy atom. The van der Waals surface area contributed by atoms with Crippen molar-refractivity contribution in [1.82, 2.24) is 4.98 Å². The molecule has 1 rings (SSSR count). The zero-order valence-electron chi connectivity index (χ0n) is 6.37. The molecule has 0 aliphatic rings. The third-order valence-electron chi connectivity index (χ3n) is 1.62. The monoisotopic (exact) mass is 152 g/mol. The van der Waals surface area contributed by atoms with Gasteiger partial charge in [0.25, 0.3) is 0 Å². The van der Waals surface area contributed by atoms with Crippen molar-refractivity contribution < 1.29 is 4.92 Å². The lowest BCUT2D eigenvalue weighted by Gasteiger charge is -1.97. The molecule has 0 unspecified atom stereocenters. The Labute approximate surface area is 64.0 Å². The molecule has 0 spiro atoms. The molecule has 0 fully saturated rings. The molecular weight excluding hydrogens is 144 g/mol. The highest BCUT2D eigenvalue weighted by Gasteiger charge is 2.11. The van der Waals surface area contributed by atoms with Gasteiger partial charge in [-0.05, 0) is 35.4 Å². The molecule has 58 valence electrons. The van der Waals surface area contributed by atoms with Crippen molar-refractivity contribution in [3.05, 3.63) is 33.5 Å². The number of pyridine rings is 1. The quantitative estimate of drug-likeness (QED) is 0.453. The molecule has 0 N–H and O–H groups in total. The lowest BCUT2D eigenvalue weighted by molar-refractivity contribution is -0.390. The highest BCUT2D eigenvalue weighted by molar-refractivity contribution is 5.36. The Kier molecular flexibility index (Phi) is 1.85. The minimum atomic E-state index is -0.470. The predicted molar refractivity (Wildman–Crippen MR) is 40.4 cm³/mol. The molecule has 0 radical (unpaired) electrons. The van der Waals surface area contributed by atoms with Gasteiger partial charge < -0.3 is 10.1 Å². The van der Waals surface area contributed by atoms with Crippen molar-refractivity contribution in [3.63, 3.8) is 0 Å². The second kappa shape index (κ2) is 2.65. The fraction of sp³-hybridized carbons (Fsp3) is 0.286. The van der Waals surface area contributed by atoms with Crippen LogP contribution >= 0.6 is 0 Å². The van der Waals surface area contributed by atoms with E-state index in [0.29, 0.717) is 5.56 Å². The topological polar surface area (TPSA) is 56.0 Å². The van der Waals surface area contributed by atoms with Crippen LogP contribution in [0.25, 0.3) is 0 Å². The number of aryl methyl sites for hydroxylation is 1. The van der Waals surface area contributed by atoms with Gasteiger partial charge in [-0.15, -0.1) is 0 Å². The van der Waals surface area contributed by atoms with E-state index >= 15 is 0 Å². The first kappa shape index (κ1) is 7.65. The summed E-state index contributed by atoms with van der Waals surface area (Å²) in [6.45, 7) is 3.52. The van der Waals surface area contributed by atoms with E-state index in [1.807, 2.05) is 6.92 Å². The fourth-order valence-corrected chi connectivity index (χ4v) is 0.802. The van der Waals surface area contributed by atoms with Crippen LogP contribution in [0.2, 0.25) is 0 Å². The van der Waals surface area contributed by atoms with Crippen molar-refractivity contribution >= 4 is 5.82 Å². The Hall–Kier alpha value is -1.45. The number of nitro groups is 1. The minimum absolute atomic E-state index is 0.0509. The van der Waals surface area contributed by atoms with Crippen LogP contribution in [0.5, 0.6) is 0 Å². The van der Waals surface area contributed by atoms with Crippen LogP contribution in [0, 0.1) is 24.0 Å². The van der Waals surface area contributed by atoms with Crippen molar-refractivity contribution in [2.75, 3.05) is 0 Å². The summed E-state index contributed by atoms with van der Waals surface area (Å²) < 4.78 is 0. The predicted octanol–water partition coefficient (Wildman–Crippen LogP) is 1.61. The molecule has 11 heavy (non-hydrogen) atoms. The van der Waals surface area contributed by atoms with Crippen LogP contribution in [0.3, 0.4) is 0 Å². The first-order valence-electron chi connectivity index (χ1n) is 3.19. The van der Waals surface area contributed by atoms with Crippen LogP contribution in [0.15, 0.2) is 12.3 Å². The minimum Gasteiger partial charge on any atom is -0.358 e. The summed E-state index contributed by atoms with van der Waals surface area (Å²) in [6, 6.07) is 1.75. The third-order valence-corrected chi connectivity index (χ3v) is 1.62. The fourth-order valence-electron chi connectivity index (χ4n) is 0.802. The molecule has 0 amide bonds. The number of aromatic nitrogens is 1. The maximum Gasteiger partial charge on any atom is 0.366 e. The average Bonchev–Trinajstić information content (AvgIpc) is 1.94. The van der Waals surface area contributed by atoms with Crippen molar-refractivity contribution in [2.45, 2.75) is 13.8 Å². The Bertz CT molecular complexity index is 296. The number of nitrogens with zero attached hydrogens (tertiary/aromatic N) is 2. The van der Waals surface area contributed by atoms with Gasteiger partial charge in [0.15, 0.2) is 0 Å². The van der Waals surface area contributed by atoms with E-state index in [-0.39, 0.29) is 5.82 Å². The van der Waals surface area contributed by atoms with E-state index in [2.05, 4.69) is 4.98 Å². The molecule has 0 saturated heterocycles. The zero-order valence-corrected chi connectivity index (χ0v) is 6.37. The third kappa shape index (κ3) is 1.34. The molecule has 0 aromatic carbocycles. The maximum atomic E-state index is 10.3. The van der Waals surface area contributed by atoms with E-state index < -0.39 is 4.92 Å². The Morgan fingerprint density at radius 2 is 2.18 bits per heavy atom. The molecule has 0 atom stereocenters. The van der Waals surface area contributed by atoms with Gasteiger partial charge >= 0.3 is 5.82 Å². The lowest BCUT2D eigenvalue weighted by atomic mass is 10.2. The van der Waals surface area contributed by atoms with Crippen molar-refractivity contribution in [3.8, 4) is 0 Å². The zero-order chi connectivity index (χ0) is 8.43. The standard InChI is InChI=1S/C7H8N2O2/c1-5-3-4-8-7(6(5)2)9(10)11/h3-4H,1-2H3. The Balaban J connectivity index is 3.27. The van der Waals surface area contributed by atoms with Crippen LogP contribution < -0.4 is 0 Å². The average molecular weight is 152 g/mol. The van der Waals surface area contributed by atoms with Gasteiger partial charge in [-0.1, -0.05) is 0 Å². The molecule has 4 nitrogen and oxygen atoms in total. The van der Waals surface area contributed by atoms with Gasteiger partial charge in [0, 0.05) is 5.56 Å². The molecule has 0 saturated carbocycles. The maximum absolute atomic E-state index is 10.3. The van der Waals surface area contributed by atoms with Gasteiger partial charge in [-0.25, -0.2) is 0 Å². The smallest absolute Gasteiger partial charge is 0.358 e.